The topological polar surface area (TPSA) is 35.6 Å². The van der Waals surface area contributed by atoms with Gasteiger partial charge in [0.25, 0.3) is 0 Å². The first kappa shape index (κ1) is 14.8. The molecule has 2 heterocycles. The summed E-state index contributed by atoms with van der Waals surface area (Å²) in [6, 6.07) is 0. The first-order valence-corrected chi connectivity index (χ1v) is 7.75. The molecule has 1 atom stereocenters. The van der Waals surface area contributed by atoms with Crippen molar-refractivity contribution in [2.24, 2.45) is 11.3 Å². The molecule has 19 heavy (non-hydrogen) atoms. The molecule has 2 fully saturated rings. The second kappa shape index (κ2) is 6.23. The predicted molar refractivity (Wildman–Crippen MR) is 78.1 cm³/mol. The Labute approximate surface area is 117 Å². The lowest BCUT2D eigenvalue weighted by molar-refractivity contribution is -0.139. The fraction of sp³-hybridized carbons (Fsp3) is 0.933. The highest BCUT2D eigenvalue weighted by molar-refractivity contribution is 5.82. The van der Waals surface area contributed by atoms with Gasteiger partial charge in [-0.15, -0.1) is 0 Å². The minimum atomic E-state index is -0.254. The van der Waals surface area contributed by atoms with Crippen LogP contribution in [0.2, 0.25) is 0 Å². The summed E-state index contributed by atoms with van der Waals surface area (Å²) in [6.45, 7) is 13.4. The zero-order valence-corrected chi connectivity index (χ0v) is 12.7. The van der Waals surface area contributed by atoms with Crippen molar-refractivity contribution in [3.05, 3.63) is 0 Å². The molecule has 1 unspecified atom stereocenters. The lowest BCUT2D eigenvalue weighted by atomic mass is 9.91. The zero-order valence-electron chi connectivity index (χ0n) is 12.7. The van der Waals surface area contributed by atoms with Crippen molar-refractivity contribution in [3.8, 4) is 0 Å². The molecule has 4 nitrogen and oxygen atoms in total. The molecule has 0 radical (unpaired) electrons. The fourth-order valence-corrected chi connectivity index (χ4v) is 3.29. The molecule has 1 amide bonds. The van der Waals surface area contributed by atoms with Crippen LogP contribution in [0.1, 0.15) is 33.6 Å². The van der Waals surface area contributed by atoms with E-state index in [2.05, 4.69) is 35.9 Å². The molecule has 0 aliphatic carbocycles. The number of amides is 1. The third kappa shape index (κ3) is 3.69. The van der Waals surface area contributed by atoms with Crippen LogP contribution in [0.4, 0.5) is 0 Å². The van der Waals surface area contributed by atoms with Crippen molar-refractivity contribution in [2.45, 2.75) is 33.6 Å². The van der Waals surface area contributed by atoms with Gasteiger partial charge >= 0.3 is 0 Å². The van der Waals surface area contributed by atoms with Crippen molar-refractivity contribution in [3.63, 3.8) is 0 Å². The third-order valence-corrected chi connectivity index (χ3v) is 4.52. The van der Waals surface area contributed by atoms with Gasteiger partial charge in [-0.25, -0.2) is 0 Å². The first-order chi connectivity index (χ1) is 9.03. The Hall–Kier alpha value is -0.610. The van der Waals surface area contributed by atoms with E-state index in [0.717, 1.165) is 39.3 Å². The highest BCUT2D eigenvalue weighted by Gasteiger charge is 2.35. The molecule has 2 saturated heterocycles. The Morgan fingerprint density at radius 1 is 1.37 bits per heavy atom. The smallest absolute Gasteiger partial charge is 0.229 e. The fourth-order valence-electron chi connectivity index (χ4n) is 3.29. The number of likely N-dealkylation sites (tertiary alicyclic amines) is 1. The van der Waals surface area contributed by atoms with Crippen molar-refractivity contribution < 1.29 is 4.79 Å². The van der Waals surface area contributed by atoms with Crippen LogP contribution in [-0.4, -0.2) is 61.5 Å². The van der Waals surface area contributed by atoms with Crippen LogP contribution in [0, 0.1) is 11.3 Å². The van der Waals surface area contributed by atoms with E-state index in [9.17, 15) is 4.79 Å². The van der Waals surface area contributed by atoms with Crippen LogP contribution in [-0.2, 0) is 4.79 Å². The third-order valence-electron chi connectivity index (χ3n) is 4.52. The molecule has 4 heteroatoms. The van der Waals surface area contributed by atoms with Gasteiger partial charge in [-0.1, -0.05) is 6.92 Å². The van der Waals surface area contributed by atoms with Crippen molar-refractivity contribution in [2.75, 3.05) is 45.8 Å². The van der Waals surface area contributed by atoms with Gasteiger partial charge in [0.2, 0.25) is 5.91 Å². The summed E-state index contributed by atoms with van der Waals surface area (Å²) in [4.78, 5) is 17.2. The van der Waals surface area contributed by atoms with Crippen LogP contribution in [0.15, 0.2) is 0 Å². The second-order valence-electron chi connectivity index (χ2n) is 6.71. The first-order valence-electron chi connectivity index (χ1n) is 7.75. The molecule has 0 aromatic carbocycles. The molecule has 0 saturated carbocycles. The quantitative estimate of drug-likeness (QED) is 0.834. The minimum Gasteiger partial charge on any atom is -0.341 e. The molecule has 0 aromatic heterocycles. The van der Waals surface area contributed by atoms with Crippen molar-refractivity contribution >= 4 is 5.91 Å². The van der Waals surface area contributed by atoms with E-state index in [1.165, 1.54) is 19.4 Å². The molecule has 1 N–H and O–H groups in total. The summed E-state index contributed by atoms with van der Waals surface area (Å²) in [5.41, 5.74) is -0.254. The van der Waals surface area contributed by atoms with Gasteiger partial charge in [-0.2, -0.15) is 0 Å². The van der Waals surface area contributed by atoms with E-state index in [-0.39, 0.29) is 5.41 Å². The maximum atomic E-state index is 12.6. The number of carbonyl (C=O) groups is 1. The van der Waals surface area contributed by atoms with Gasteiger partial charge in [-0.05, 0) is 45.7 Å². The summed E-state index contributed by atoms with van der Waals surface area (Å²) >= 11 is 0. The molecule has 0 spiro atoms. The molecular formula is C15H29N3O. The monoisotopic (exact) mass is 267 g/mol. The summed E-state index contributed by atoms with van der Waals surface area (Å²) in [5.74, 6) is 0.984. The molecule has 0 bridgehead atoms. The van der Waals surface area contributed by atoms with Crippen LogP contribution in [0.3, 0.4) is 0 Å². The standard InChI is InChI=1S/C15H29N3O/c1-4-17-8-5-6-13(10-17)11-18-9-7-16-12-15(2,3)14(18)19/h13,16H,4-12H2,1-3H3. The van der Waals surface area contributed by atoms with E-state index in [1.807, 2.05) is 0 Å². The summed E-state index contributed by atoms with van der Waals surface area (Å²) in [5, 5.41) is 3.38. The number of carbonyl (C=O) groups excluding carboxylic acids is 1. The Balaban J connectivity index is 1.95. The minimum absolute atomic E-state index is 0.254. The number of nitrogens with zero attached hydrogens (tertiary/aromatic N) is 2. The highest BCUT2D eigenvalue weighted by atomic mass is 16.2. The Bertz CT molecular complexity index is 317. The second-order valence-corrected chi connectivity index (χ2v) is 6.71. The van der Waals surface area contributed by atoms with Crippen molar-refractivity contribution in [1.82, 2.24) is 15.1 Å². The molecule has 2 aliphatic rings. The van der Waals surface area contributed by atoms with Gasteiger partial charge in [0.15, 0.2) is 0 Å². The maximum Gasteiger partial charge on any atom is 0.229 e. The van der Waals surface area contributed by atoms with E-state index in [0.29, 0.717) is 11.8 Å². The van der Waals surface area contributed by atoms with Gasteiger partial charge in [0.1, 0.15) is 0 Å². The van der Waals surface area contributed by atoms with Gasteiger partial charge in [-0.3, -0.25) is 4.79 Å². The lowest BCUT2D eigenvalue weighted by Crippen LogP contribution is -2.46. The molecule has 110 valence electrons. The average Bonchev–Trinajstić information content (AvgIpc) is 2.52. The zero-order chi connectivity index (χ0) is 13.9. The van der Waals surface area contributed by atoms with Crippen LogP contribution in [0.5, 0.6) is 0 Å². The molecule has 2 rings (SSSR count). The Morgan fingerprint density at radius 3 is 2.89 bits per heavy atom. The number of hydrogen-bond donors (Lipinski definition) is 1. The number of rotatable bonds is 3. The van der Waals surface area contributed by atoms with E-state index < -0.39 is 0 Å². The Kier molecular flexibility index (Phi) is 4.85. The number of nitrogens with one attached hydrogen (secondary N) is 1. The summed E-state index contributed by atoms with van der Waals surface area (Å²) < 4.78 is 0. The van der Waals surface area contributed by atoms with Gasteiger partial charge in [0, 0.05) is 32.7 Å². The van der Waals surface area contributed by atoms with E-state index in [1.54, 1.807) is 0 Å². The largest absolute Gasteiger partial charge is 0.341 e. The van der Waals surface area contributed by atoms with E-state index >= 15 is 0 Å². The lowest BCUT2D eigenvalue weighted by Gasteiger charge is -2.36. The van der Waals surface area contributed by atoms with Crippen LogP contribution < -0.4 is 5.32 Å². The van der Waals surface area contributed by atoms with Gasteiger partial charge < -0.3 is 15.1 Å². The number of hydrogen-bond acceptors (Lipinski definition) is 3. The molecular weight excluding hydrogens is 238 g/mol. The molecule has 2 aliphatic heterocycles. The van der Waals surface area contributed by atoms with Gasteiger partial charge in [0.05, 0.1) is 5.41 Å². The highest BCUT2D eigenvalue weighted by Crippen LogP contribution is 2.23. The normalized spacial score (nSPS) is 29.3. The van der Waals surface area contributed by atoms with Crippen LogP contribution in [0.25, 0.3) is 0 Å². The number of piperidine rings is 1. The van der Waals surface area contributed by atoms with Crippen LogP contribution >= 0.6 is 0 Å². The Morgan fingerprint density at radius 2 is 2.16 bits per heavy atom. The summed E-state index contributed by atoms with van der Waals surface area (Å²) in [6.07, 6.45) is 2.55. The van der Waals surface area contributed by atoms with Crippen molar-refractivity contribution in [1.29, 1.82) is 0 Å². The SMILES string of the molecule is CCN1CCCC(CN2CCNCC(C)(C)C2=O)C1. The predicted octanol–water partition coefficient (Wildman–Crippen LogP) is 1.18. The maximum absolute atomic E-state index is 12.6. The van der Waals surface area contributed by atoms with E-state index in [4.69, 9.17) is 0 Å². The summed E-state index contributed by atoms with van der Waals surface area (Å²) in [7, 11) is 0. The molecule has 0 aromatic rings. The average molecular weight is 267 g/mol.